The Morgan fingerprint density at radius 1 is 1.48 bits per heavy atom. The van der Waals surface area contributed by atoms with Crippen LogP contribution in [0.25, 0.3) is 0 Å². The molecule has 0 amide bonds. The number of aliphatic hydroxyl groups is 1. The molecule has 2 aliphatic heterocycles. The molecule has 2 saturated heterocycles. The molecular weight excluding hydrogens is 323 g/mol. The van der Waals surface area contributed by atoms with Gasteiger partial charge in [0, 0.05) is 33.2 Å². The van der Waals surface area contributed by atoms with E-state index in [0.29, 0.717) is 19.5 Å². The lowest BCUT2D eigenvalue weighted by molar-refractivity contribution is 0.130. The molecule has 0 bridgehead atoms. The molecule has 2 aliphatic rings. The quantitative estimate of drug-likeness (QED) is 0.860. The first-order valence-corrected chi connectivity index (χ1v) is 8.93. The number of hydrogen-bond donors (Lipinski definition) is 1. The van der Waals surface area contributed by atoms with Crippen molar-refractivity contribution in [3.05, 3.63) is 29.6 Å². The van der Waals surface area contributed by atoms with Crippen LogP contribution < -0.4 is 4.74 Å². The topological polar surface area (TPSA) is 70.1 Å². The highest BCUT2D eigenvalue weighted by atomic mass is 32.2. The number of likely N-dealkylation sites (tertiary alicyclic amines) is 1. The minimum Gasteiger partial charge on any atom is -0.494 e. The van der Waals surface area contributed by atoms with E-state index in [-0.39, 0.29) is 18.8 Å². The molecule has 0 unspecified atom stereocenters. The summed E-state index contributed by atoms with van der Waals surface area (Å²) in [6.07, 6.45) is -0.505. The highest BCUT2D eigenvalue weighted by Crippen LogP contribution is 2.40. The van der Waals surface area contributed by atoms with Gasteiger partial charge in [-0.15, -0.1) is 0 Å². The fourth-order valence-corrected chi connectivity index (χ4v) is 5.63. The van der Waals surface area contributed by atoms with E-state index in [9.17, 15) is 17.9 Å². The maximum absolute atomic E-state index is 13.8. The second-order valence-corrected chi connectivity index (χ2v) is 8.68. The molecule has 128 valence electrons. The Balaban J connectivity index is 1.77. The second kappa shape index (κ2) is 5.70. The average Bonchev–Trinajstić information content (AvgIpc) is 2.98. The van der Waals surface area contributed by atoms with Crippen LogP contribution in [0.2, 0.25) is 0 Å². The van der Waals surface area contributed by atoms with Gasteiger partial charge in [0.15, 0.2) is 11.6 Å². The third-order valence-electron chi connectivity index (χ3n) is 4.93. The maximum Gasteiger partial charge on any atom is 0.223 e. The Hall–Kier alpha value is -1.22. The Bertz CT molecular complexity index is 711. The molecule has 0 saturated carbocycles. The standard InChI is InChI=1S/C15H21FN2O4S/c1-17-9-14(19)15(23(17,20)21)5-6-18(10-15)8-11-3-4-13(22-2)12(16)7-11/h3-4,7,14,19H,5-6,8-10H2,1-2H3/t14-,15-/m1/s1. The van der Waals surface area contributed by atoms with E-state index >= 15 is 0 Å². The summed E-state index contributed by atoms with van der Waals surface area (Å²) in [5, 5.41) is 10.3. The van der Waals surface area contributed by atoms with Gasteiger partial charge in [0.1, 0.15) is 4.75 Å². The largest absolute Gasteiger partial charge is 0.494 e. The number of aliphatic hydroxyl groups excluding tert-OH is 1. The number of likely N-dealkylation sites (N-methyl/N-ethyl adjacent to an activating group) is 1. The van der Waals surface area contributed by atoms with Gasteiger partial charge in [0.25, 0.3) is 0 Å². The van der Waals surface area contributed by atoms with Gasteiger partial charge in [-0.1, -0.05) is 6.07 Å². The average molecular weight is 344 g/mol. The van der Waals surface area contributed by atoms with Crippen molar-refractivity contribution in [2.75, 3.05) is 33.8 Å². The number of ether oxygens (including phenoxy) is 1. The molecule has 1 aromatic rings. The third kappa shape index (κ3) is 2.53. The number of halogens is 1. The lowest BCUT2D eigenvalue weighted by Crippen LogP contribution is -2.47. The second-order valence-electron chi connectivity index (χ2n) is 6.30. The molecule has 6 nitrogen and oxygen atoms in total. The number of rotatable bonds is 3. The maximum atomic E-state index is 13.8. The first-order chi connectivity index (χ1) is 10.8. The van der Waals surface area contributed by atoms with E-state index in [0.717, 1.165) is 5.56 Å². The van der Waals surface area contributed by atoms with E-state index in [1.165, 1.54) is 24.5 Å². The third-order valence-corrected chi connectivity index (χ3v) is 7.53. The van der Waals surface area contributed by atoms with Crippen LogP contribution in [0.15, 0.2) is 18.2 Å². The predicted octanol–water partition coefficient (Wildman–Crippen LogP) is 0.415. The van der Waals surface area contributed by atoms with Gasteiger partial charge >= 0.3 is 0 Å². The SMILES string of the molecule is COc1ccc(CN2CC[C@@]3(C2)[C@H](O)CN(C)S3(=O)=O)cc1F. The van der Waals surface area contributed by atoms with Gasteiger partial charge in [-0.2, -0.15) is 0 Å². The molecule has 3 rings (SSSR count). The zero-order chi connectivity index (χ0) is 16.8. The van der Waals surface area contributed by atoms with E-state index in [1.807, 2.05) is 4.90 Å². The van der Waals surface area contributed by atoms with Crippen LogP contribution in [-0.2, 0) is 16.6 Å². The molecule has 1 N–H and O–H groups in total. The van der Waals surface area contributed by atoms with Crippen LogP contribution in [0.1, 0.15) is 12.0 Å². The zero-order valence-electron chi connectivity index (χ0n) is 13.2. The number of sulfonamides is 1. The summed E-state index contributed by atoms with van der Waals surface area (Å²) in [4.78, 5) is 1.95. The normalized spacial score (nSPS) is 31.0. The molecule has 1 aromatic carbocycles. The van der Waals surface area contributed by atoms with Gasteiger partial charge in [-0.05, 0) is 24.1 Å². The van der Waals surface area contributed by atoms with Crippen LogP contribution in [0, 0.1) is 5.82 Å². The number of nitrogens with zero attached hydrogens (tertiary/aromatic N) is 2. The summed E-state index contributed by atoms with van der Waals surface area (Å²) >= 11 is 0. The summed E-state index contributed by atoms with van der Waals surface area (Å²) in [7, 11) is -0.608. The predicted molar refractivity (Wildman–Crippen MR) is 83.1 cm³/mol. The Morgan fingerprint density at radius 3 is 2.78 bits per heavy atom. The van der Waals surface area contributed by atoms with Crippen molar-refractivity contribution in [3.63, 3.8) is 0 Å². The smallest absolute Gasteiger partial charge is 0.223 e. The Labute approximate surface area is 135 Å². The molecular formula is C15H21FN2O4S. The summed E-state index contributed by atoms with van der Waals surface area (Å²) < 4.78 is 43.8. The zero-order valence-corrected chi connectivity index (χ0v) is 14.0. The Morgan fingerprint density at radius 2 is 2.22 bits per heavy atom. The van der Waals surface area contributed by atoms with E-state index in [2.05, 4.69) is 0 Å². The monoisotopic (exact) mass is 344 g/mol. The van der Waals surface area contributed by atoms with Gasteiger partial charge < -0.3 is 9.84 Å². The highest BCUT2D eigenvalue weighted by Gasteiger charge is 2.60. The van der Waals surface area contributed by atoms with Gasteiger partial charge in [0.05, 0.1) is 13.2 Å². The van der Waals surface area contributed by atoms with Crippen molar-refractivity contribution in [1.82, 2.24) is 9.21 Å². The van der Waals surface area contributed by atoms with Crippen LogP contribution in [0.5, 0.6) is 5.75 Å². The number of hydrogen-bond acceptors (Lipinski definition) is 5. The summed E-state index contributed by atoms with van der Waals surface area (Å²) in [6, 6.07) is 4.72. The molecule has 0 radical (unpaired) electrons. The molecule has 0 aromatic heterocycles. The van der Waals surface area contributed by atoms with Crippen molar-refractivity contribution < 1.29 is 22.7 Å². The summed E-state index contributed by atoms with van der Waals surface area (Å²) in [5.41, 5.74) is 0.749. The van der Waals surface area contributed by atoms with Gasteiger partial charge in [0.2, 0.25) is 10.0 Å². The number of β-amino-alcohol motifs (C(OH)–C–C–N with tert-alkyl or cyclic N) is 1. The van der Waals surface area contributed by atoms with Crippen LogP contribution in [0.4, 0.5) is 4.39 Å². The first kappa shape index (κ1) is 16.6. The molecule has 2 fully saturated rings. The van der Waals surface area contributed by atoms with Crippen molar-refractivity contribution in [3.8, 4) is 5.75 Å². The molecule has 0 aliphatic carbocycles. The van der Waals surface area contributed by atoms with E-state index in [1.54, 1.807) is 12.1 Å². The fourth-order valence-electron chi connectivity index (χ4n) is 3.56. The van der Waals surface area contributed by atoms with Crippen molar-refractivity contribution in [2.45, 2.75) is 23.8 Å². The van der Waals surface area contributed by atoms with Crippen molar-refractivity contribution in [1.29, 1.82) is 0 Å². The minimum absolute atomic E-state index is 0.132. The lowest BCUT2D eigenvalue weighted by atomic mass is 10.0. The van der Waals surface area contributed by atoms with Crippen LogP contribution in [-0.4, -0.2) is 67.4 Å². The van der Waals surface area contributed by atoms with Gasteiger partial charge in [-0.25, -0.2) is 17.1 Å². The summed E-state index contributed by atoms with van der Waals surface area (Å²) in [6.45, 7) is 1.38. The van der Waals surface area contributed by atoms with E-state index < -0.39 is 26.7 Å². The van der Waals surface area contributed by atoms with Crippen molar-refractivity contribution >= 4 is 10.0 Å². The molecule has 2 heterocycles. The highest BCUT2D eigenvalue weighted by molar-refractivity contribution is 7.90. The first-order valence-electron chi connectivity index (χ1n) is 7.49. The number of methoxy groups -OCH3 is 1. The molecule has 2 atom stereocenters. The Kier molecular flexibility index (Phi) is 4.12. The molecule has 1 spiro atoms. The van der Waals surface area contributed by atoms with Crippen LogP contribution in [0.3, 0.4) is 0 Å². The molecule has 8 heteroatoms. The number of benzene rings is 1. The molecule has 23 heavy (non-hydrogen) atoms. The van der Waals surface area contributed by atoms with Gasteiger partial charge in [-0.3, -0.25) is 4.90 Å². The fraction of sp³-hybridized carbons (Fsp3) is 0.600. The lowest BCUT2D eigenvalue weighted by Gasteiger charge is -2.26. The van der Waals surface area contributed by atoms with Crippen molar-refractivity contribution in [2.24, 2.45) is 0 Å². The minimum atomic E-state index is -3.51. The van der Waals surface area contributed by atoms with E-state index in [4.69, 9.17) is 4.74 Å². The summed E-state index contributed by atoms with van der Waals surface area (Å²) in [5.74, 6) is -0.255. The van der Waals surface area contributed by atoms with Crippen LogP contribution >= 0.6 is 0 Å².